The van der Waals surface area contributed by atoms with Gasteiger partial charge < -0.3 is 15.4 Å². The Morgan fingerprint density at radius 3 is 2.69 bits per heavy atom. The largest absolute Gasteiger partial charge is 0.444 e. The second-order valence-electron chi connectivity index (χ2n) is 11.9. The smallest absolute Gasteiger partial charge is 0.409 e. The maximum Gasteiger partial charge on any atom is 0.409 e. The molecule has 4 fully saturated rings. The third-order valence-corrected chi connectivity index (χ3v) is 7.66. The van der Waals surface area contributed by atoms with E-state index in [0.29, 0.717) is 25.3 Å². The molecule has 8 N–H and O–H groups in total. The van der Waals surface area contributed by atoms with Crippen LogP contribution >= 0.6 is 0 Å². The number of hydrogen-bond acceptors (Lipinski definition) is 11. The van der Waals surface area contributed by atoms with Crippen LogP contribution in [0.2, 0.25) is 0 Å². The molecule has 14 heteroatoms. The van der Waals surface area contributed by atoms with Gasteiger partial charge in [0.2, 0.25) is 11.8 Å². The van der Waals surface area contributed by atoms with E-state index in [-0.39, 0.29) is 48.3 Å². The van der Waals surface area contributed by atoms with Gasteiger partial charge in [-0.25, -0.2) is 10.2 Å². The summed E-state index contributed by atoms with van der Waals surface area (Å²) < 4.78 is 5.34. The first-order valence-electron chi connectivity index (χ1n) is 14.2. The van der Waals surface area contributed by atoms with E-state index in [0.717, 1.165) is 38.6 Å². The maximum absolute atomic E-state index is 12.4. The molecule has 3 amide bonds. The molecule has 0 aromatic heterocycles. The molecule has 4 aliphatic rings. The average molecular weight is 555 g/mol. The third kappa shape index (κ3) is 8.46. The highest BCUT2D eigenvalue weighted by Crippen LogP contribution is 2.33. The first-order valence-corrected chi connectivity index (χ1v) is 14.2. The maximum atomic E-state index is 12.4. The molecule has 0 spiro atoms. The van der Waals surface area contributed by atoms with Crippen LogP contribution in [-0.4, -0.2) is 67.4 Å². The first-order chi connectivity index (χ1) is 18.6. The summed E-state index contributed by atoms with van der Waals surface area (Å²) in [6.45, 7) is 8.66. The molecular formula is C25H46N8O6. The van der Waals surface area contributed by atoms with Crippen LogP contribution in [0.5, 0.6) is 0 Å². The van der Waals surface area contributed by atoms with Gasteiger partial charge in [0.25, 0.3) is 0 Å². The Morgan fingerprint density at radius 2 is 1.90 bits per heavy atom. The van der Waals surface area contributed by atoms with Gasteiger partial charge in [-0.15, -0.1) is 0 Å². The number of amides is 3. The predicted molar refractivity (Wildman–Crippen MR) is 141 cm³/mol. The molecule has 1 aliphatic carbocycles. The van der Waals surface area contributed by atoms with E-state index in [1.807, 2.05) is 6.92 Å². The molecule has 3 aliphatic heterocycles. The van der Waals surface area contributed by atoms with E-state index in [2.05, 4.69) is 43.1 Å². The second-order valence-corrected chi connectivity index (χ2v) is 11.9. The normalized spacial score (nSPS) is 34.7. The van der Waals surface area contributed by atoms with Gasteiger partial charge in [0, 0.05) is 30.8 Å². The Morgan fingerprint density at radius 1 is 1.10 bits per heavy atom. The summed E-state index contributed by atoms with van der Waals surface area (Å²) in [5.41, 5.74) is 11.2. The molecule has 0 aromatic carbocycles. The fourth-order valence-corrected chi connectivity index (χ4v) is 5.73. The summed E-state index contributed by atoms with van der Waals surface area (Å²) in [5, 5.41) is 12.5. The molecule has 8 atom stereocenters. The molecule has 8 unspecified atom stereocenters. The number of ether oxygens (including phenoxy) is 1. The molecule has 4 rings (SSSR count). The molecule has 3 saturated heterocycles. The zero-order valence-electron chi connectivity index (χ0n) is 23.4. The highest BCUT2D eigenvalue weighted by Gasteiger charge is 2.45. The lowest BCUT2D eigenvalue weighted by molar-refractivity contribution is -0.134. The molecule has 222 valence electrons. The van der Waals surface area contributed by atoms with Crippen molar-refractivity contribution >= 4 is 17.9 Å². The summed E-state index contributed by atoms with van der Waals surface area (Å²) in [4.78, 5) is 47.9. The zero-order valence-corrected chi connectivity index (χ0v) is 23.4. The number of fused-ring (bicyclic) bond motifs is 1. The van der Waals surface area contributed by atoms with Gasteiger partial charge in [0.05, 0.1) is 18.2 Å². The molecule has 0 bridgehead atoms. The number of nitrogens with one attached hydrogen (secondary N) is 8. The summed E-state index contributed by atoms with van der Waals surface area (Å²) in [7, 11) is 0. The topological polar surface area (TPSA) is 175 Å². The van der Waals surface area contributed by atoms with Gasteiger partial charge in [0.1, 0.15) is 11.8 Å². The number of carbonyl (C=O) groups is 3. The van der Waals surface area contributed by atoms with Gasteiger partial charge >= 0.3 is 6.09 Å². The van der Waals surface area contributed by atoms with Crippen LogP contribution < -0.4 is 43.1 Å². The zero-order chi connectivity index (χ0) is 28.0. The minimum absolute atomic E-state index is 0.0389. The number of rotatable bonds is 10. The Balaban J connectivity index is 1.10. The lowest BCUT2D eigenvalue weighted by Gasteiger charge is -2.41. The fourth-order valence-electron chi connectivity index (χ4n) is 5.73. The molecule has 39 heavy (non-hydrogen) atoms. The van der Waals surface area contributed by atoms with Crippen molar-refractivity contribution in [1.82, 2.24) is 43.1 Å². The Kier molecular flexibility index (Phi) is 10.4. The summed E-state index contributed by atoms with van der Waals surface area (Å²) in [5.74, 6) is 0.289. The van der Waals surface area contributed by atoms with E-state index in [1.165, 1.54) is 0 Å². The van der Waals surface area contributed by atoms with Crippen LogP contribution in [-0.2, 0) is 24.0 Å². The van der Waals surface area contributed by atoms with Crippen LogP contribution in [0.4, 0.5) is 4.79 Å². The van der Waals surface area contributed by atoms with Crippen molar-refractivity contribution in [3.63, 3.8) is 0 Å². The molecule has 14 nitrogen and oxygen atoms in total. The number of hydrazine groups is 1. The van der Waals surface area contributed by atoms with Crippen molar-refractivity contribution < 1.29 is 28.8 Å². The summed E-state index contributed by atoms with van der Waals surface area (Å²) in [6.07, 6.45) is 4.11. The number of hydrogen-bond donors (Lipinski definition) is 8. The molecule has 0 radical (unpaired) electrons. The van der Waals surface area contributed by atoms with Crippen molar-refractivity contribution in [3.05, 3.63) is 0 Å². The second kappa shape index (κ2) is 13.5. The van der Waals surface area contributed by atoms with Crippen LogP contribution in [0.25, 0.3) is 0 Å². The van der Waals surface area contributed by atoms with Crippen LogP contribution in [0.3, 0.4) is 0 Å². The van der Waals surface area contributed by atoms with Crippen molar-refractivity contribution in [3.8, 4) is 0 Å². The summed E-state index contributed by atoms with van der Waals surface area (Å²) in [6, 6.07) is -0.0710. The van der Waals surface area contributed by atoms with E-state index in [4.69, 9.17) is 14.4 Å². The van der Waals surface area contributed by atoms with E-state index in [1.54, 1.807) is 20.8 Å². The summed E-state index contributed by atoms with van der Waals surface area (Å²) >= 11 is 0. The van der Waals surface area contributed by atoms with E-state index in [9.17, 15) is 14.4 Å². The third-order valence-electron chi connectivity index (χ3n) is 7.66. The lowest BCUT2D eigenvalue weighted by Crippen LogP contribution is -2.64. The van der Waals surface area contributed by atoms with Crippen LogP contribution in [0, 0.1) is 17.8 Å². The van der Waals surface area contributed by atoms with Crippen LogP contribution in [0.1, 0.15) is 72.6 Å². The molecule has 3 heterocycles. The van der Waals surface area contributed by atoms with Gasteiger partial charge in [-0.2, -0.15) is 11.0 Å². The molecular weight excluding hydrogens is 508 g/mol. The number of hydroxylamine groups is 2. The van der Waals surface area contributed by atoms with Crippen molar-refractivity contribution in [2.75, 3.05) is 13.1 Å². The van der Waals surface area contributed by atoms with Gasteiger partial charge in [0.15, 0.2) is 6.23 Å². The van der Waals surface area contributed by atoms with E-state index >= 15 is 0 Å². The van der Waals surface area contributed by atoms with Gasteiger partial charge in [-0.1, -0.05) is 12.8 Å². The lowest BCUT2D eigenvalue weighted by atomic mass is 9.76. The van der Waals surface area contributed by atoms with Crippen molar-refractivity contribution in [1.29, 1.82) is 0 Å². The Hall–Kier alpha value is -2.07. The standard InChI is InChI=1S/C25H46N8O6/c1-14-19(23(39-32-14)29-24(36)37-25(2,3)4)21-28-18(38-33-21)11-10-17(34)26-12-7-13-27-20-15-8-5-6-9-16(15)22(35)31-30-20/h14-16,18-21,23,27-28,30,32-33H,5-13H2,1-4H3,(H,26,34)(H,29,36)(H,31,35). The Bertz CT molecular complexity index is 857. The first kappa shape index (κ1) is 29.9. The van der Waals surface area contributed by atoms with Crippen molar-refractivity contribution in [2.24, 2.45) is 17.8 Å². The highest BCUT2D eigenvalue weighted by atomic mass is 16.7. The molecule has 0 aromatic rings. The fraction of sp³-hybridized carbons (Fsp3) is 0.880. The Labute approximate surface area is 230 Å². The average Bonchev–Trinajstić information content (AvgIpc) is 3.48. The van der Waals surface area contributed by atoms with Gasteiger partial charge in [-0.3, -0.25) is 35.3 Å². The van der Waals surface area contributed by atoms with Crippen molar-refractivity contribution in [2.45, 2.75) is 109 Å². The monoisotopic (exact) mass is 554 g/mol. The number of alkyl carbamates (subject to hydrolysis) is 1. The quantitative estimate of drug-likeness (QED) is 0.168. The highest BCUT2D eigenvalue weighted by molar-refractivity contribution is 5.79. The minimum atomic E-state index is -0.622. The van der Waals surface area contributed by atoms with Crippen LogP contribution in [0.15, 0.2) is 0 Å². The minimum Gasteiger partial charge on any atom is -0.444 e. The SMILES string of the molecule is CC1NOC(NC(=O)OC(C)(C)C)C1C1NOC(CCC(=O)NCCCNC2NNC(=O)C3CCCCC23)N1. The number of carbonyl (C=O) groups excluding carboxylic acids is 3. The van der Waals surface area contributed by atoms with E-state index < -0.39 is 17.9 Å². The van der Waals surface area contributed by atoms with Gasteiger partial charge in [-0.05, 0) is 59.9 Å². The predicted octanol–water partition coefficient (Wildman–Crippen LogP) is -0.204. The molecule has 1 saturated carbocycles.